The second-order valence-electron chi connectivity index (χ2n) is 6.61. The summed E-state index contributed by atoms with van der Waals surface area (Å²) >= 11 is 7.81. The largest absolute Gasteiger partial charge is 0.305 e. The Labute approximate surface area is 157 Å². The fourth-order valence-electron chi connectivity index (χ4n) is 3.28. The normalized spacial score (nSPS) is 17.5. The summed E-state index contributed by atoms with van der Waals surface area (Å²) in [5, 5.41) is 0.813. The van der Waals surface area contributed by atoms with Gasteiger partial charge in [-0.15, -0.1) is 11.3 Å². The van der Waals surface area contributed by atoms with Gasteiger partial charge in [0.1, 0.15) is 4.83 Å². The van der Waals surface area contributed by atoms with Gasteiger partial charge in [0.15, 0.2) is 17.5 Å². The average Bonchev–Trinajstić information content (AvgIpc) is 2.95. The van der Waals surface area contributed by atoms with Gasteiger partial charge in [-0.05, 0) is 54.5 Å². The molecule has 0 aliphatic heterocycles. The molecular weight excluding hydrogens is 378 g/mol. The Balaban J connectivity index is 1.78. The predicted molar refractivity (Wildman–Crippen MR) is 102 cm³/mol. The lowest BCUT2D eigenvalue weighted by atomic mass is 9.89. The standard InChI is InChI=1S/C19H15ClF2N2OS/c1-9-2-4-11-15(6-9)26-19-16(11)18(25)23-17(24-19)12(20)7-10-3-5-13(21)14(22)8-10/h3,5,7-9H,2,4,6H2,1H3,(H,23,24,25)/b12-7-/t9-/m0/s1. The Morgan fingerprint density at radius 2 is 2.19 bits per heavy atom. The van der Waals surface area contributed by atoms with E-state index >= 15 is 0 Å². The van der Waals surface area contributed by atoms with E-state index in [1.54, 1.807) is 0 Å². The van der Waals surface area contributed by atoms with Crippen LogP contribution in [-0.2, 0) is 12.8 Å². The van der Waals surface area contributed by atoms with Crippen LogP contribution < -0.4 is 5.56 Å². The number of aromatic nitrogens is 2. The fraction of sp³-hybridized carbons (Fsp3) is 0.263. The fourth-order valence-corrected chi connectivity index (χ4v) is 4.88. The van der Waals surface area contributed by atoms with Crippen LogP contribution in [0.15, 0.2) is 23.0 Å². The minimum absolute atomic E-state index is 0.162. The van der Waals surface area contributed by atoms with E-state index in [4.69, 9.17) is 11.6 Å². The lowest BCUT2D eigenvalue weighted by Crippen LogP contribution is -2.14. The number of aryl methyl sites for hydroxylation is 1. The highest BCUT2D eigenvalue weighted by Crippen LogP contribution is 2.36. The number of nitrogens with one attached hydrogen (secondary N) is 1. The van der Waals surface area contributed by atoms with Crippen molar-refractivity contribution in [1.82, 2.24) is 9.97 Å². The van der Waals surface area contributed by atoms with Crippen molar-refractivity contribution in [2.75, 3.05) is 0 Å². The molecule has 0 fully saturated rings. The number of hydrogen-bond donors (Lipinski definition) is 1. The summed E-state index contributed by atoms with van der Waals surface area (Å²) in [7, 11) is 0. The van der Waals surface area contributed by atoms with E-state index in [2.05, 4.69) is 16.9 Å². The highest BCUT2D eigenvalue weighted by atomic mass is 35.5. The second kappa shape index (κ2) is 6.59. The number of nitrogens with zero attached hydrogens (tertiary/aromatic N) is 1. The second-order valence-corrected chi connectivity index (χ2v) is 8.10. The highest BCUT2D eigenvalue weighted by Gasteiger charge is 2.23. The van der Waals surface area contributed by atoms with Crippen molar-refractivity contribution in [3.8, 4) is 0 Å². The molecule has 3 aromatic rings. The van der Waals surface area contributed by atoms with Gasteiger partial charge in [-0.2, -0.15) is 0 Å². The number of aromatic amines is 1. The van der Waals surface area contributed by atoms with Crippen LogP contribution in [0, 0.1) is 17.6 Å². The van der Waals surface area contributed by atoms with Crippen LogP contribution in [-0.4, -0.2) is 9.97 Å². The maximum atomic E-state index is 13.3. The van der Waals surface area contributed by atoms with Gasteiger partial charge < -0.3 is 4.98 Å². The van der Waals surface area contributed by atoms with E-state index in [0.29, 0.717) is 21.7 Å². The van der Waals surface area contributed by atoms with Crippen molar-refractivity contribution < 1.29 is 8.78 Å². The monoisotopic (exact) mass is 392 g/mol. The molecule has 0 unspecified atom stereocenters. The van der Waals surface area contributed by atoms with Gasteiger partial charge in [-0.25, -0.2) is 13.8 Å². The molecule has 1 N–H and O–H groups in total. The molecule has 2 heterocycles. The van der Waals surface area contributed by atoms with Gasteiger partial charge in [-0.1, -0.05) is 24.6 Å². The zero-order valence-electron chi connectivity index (χ0n) is 13.9. The Morgan fingerprint density at radius 1 is 1.38 bits per heavy atom. The molecule has 0 amide bonds. The van der Waals surface area contributed by atoms with Crippen LogP contribution in [0.4, 0.5) is 8.78 Å². The molecule has 1 atom stereocenters. The number of hydrogen-bond acceptors (Lipinski definition) is 3. The zero-order chi connectivity index (χ0) is 18.4. The van der Waals surface area contributed by atoms with Crippen molar-refractivity contribution in [3.05, 3.63) is 62.0 Å². The first kappa shape index (κ1) is 17.4. The predicted octanol–water partition coefficient (Wildman–Crippen LogP) is 5.12. The van der Waals surface area contributed by atoms with Gasteiger partial charge in [0.25, 0.3) is 5.56 Å². The number of fused-ring (bicyclic) bond motifs is 3. The van der Waals surface area contributed by atoms with Crippen LogP contribution in [0.1, 0.15) is 35.2 Å². The minimum Gasteiger partial charge on any atom is -0.305 e. The molecular formula is C19H15ClF2N2OS. The topological polar surface area (TPSA) is 45.8 Å². The van der Waals surface area contributed by atoms with Crippen LogP contribution in [0.25, 0.3) is 21.3 Å². The van der Waals surface area contributed by atoms with Crippen LogP contribution in [0.3, 0.4) is 0 Å². The molecule has 0 spiro atoms. The SMILES string of the molecule is C[C@H]1CCc2c(sc3nc(/C(Cl)=C/c4ccc(F)c(F)c4)[nH]c(=O)c23)C1. The molecule has 1 aliphatic rings. The molecule has 4 rings (SSSR count). The summed E-state index contributed by atoms with van der Waals surface area (Å²) in [6, 6.07) is 3.47. The minimum atomic E-state index is -0.958. The number of rotatable bonds is 2. The number of thiophene rings is 1. The maximum Gasteiger partial charge on any atom is 0.260 e. The van der Waals surface area contributed by atoms with Gasteiger partial charge in [0, 0.05) is 4.88 Å². The summed E-state index contributed by atoms with van der Waals surface area (Å²) in [5.74, 6) is -1.06. The Morgan fingerprint density at radius 3 is 2.96 bits per heavy atom. The molecule has 26 heavy (non-hydrogen) atoms. The summed E-state index contributed by atoms with van der Waals surface area (Å²) in [4.78, 5) is 21.7. The van der Waals surface area contributed by atoms with Crippen molar-refractivity contribution in [1.29, 1.82) is 0 Å². The van der Waals surface area contributed by atoms with Crippen LogP contribution in [0.5, 0.6) is 0 Å². The van der Waals surface area contributed by atoms with E-state index in [-0.39, 0.29) is 16.4 Å². The average molecular weight is 393 g/mol. The first-order valence-electron chi connectivity index (χ1n) is 8.29. The third-order valence-electron chi connectivity index (χ3n) is 4.63. The zero-order valence-corrected chi connectivity index (χ0v) is 15.5. The van der Waals surface area contributed by atoms with Crippen LogP contribution in [0.2, 0.25) is 0 Å². The molecule has 7 heteroatoms. The molecule has 0 radical (unpaired) electrons. The first-order valence-corrected chi connectivity index (χ1v) is 9.49. The van der Waals surface area contributed by atoms with E-state index < -0.39 is 11.6 Å². The molecule has 0 bridgehead atoms. The van der Waals surface area contributed by atoms with E-state index in [1.807, 2.05) is 0 Å². The Kier molecular flexibility index (Phi) is 4.40. The Bertz CT molecular complexity index is 1100. The van der Waals surface area contributed by atoms with Crippen molar-refractivity contribution in [2.24, 2.45) is 5.92 Å². The van der Waals surface area contributed by atoms with Crippen molar-refractivity contribution in [2.45, 2.75) is 26.2 Å². The van der Waals surface area contributed by atoms with Crippen LogP contribution >= 0.6 is 22.9 Å². The van der Waals surface area contributed by atoms with Crippen molar-refractivity contribution in [3.63, 3.8) is 0 Å². The molecule has 1 aliphatic carbocycles. The molecule has 134 valence electrons. The molecule has 2 aromatic heterocycles. The molecule has 1 aromatic carbocycles. The lowest BCUT2D eigenvalue weighted by Gasteiger charge is -2.17. The summed E-state index contributed by atoms with van der Waals surface area (Å²) in [6.45, 7) is 2.21. The van der Waals surface area contributed by atoms with Gasteiger partial charge in [0.2, 0.25) is 0 Å². The molecule has 3 nitrogen and oxygen atoms in total. The summed E-state index contributed by atoms with van der Waals surface area (Å²) in [5.41, 5.74) is 1.27. The molecule has 0 saturated carbocycles. The Hall–Kier alpha value is -2.05. The number of halogens is 3. The van der Waals surface area contributed by atoms with Crippen molar-refractivity contribution >= 4 is 44.3 Å². The van der Waals surface area contributed by atoms with E-state index in [0.717, 1.165) is 37.0 Å². The quantitative estimate of drug-likeness (QED) is 0.657. The maximum absolute atomic E-state index is 13.3. The van der Waals surface area contributed by atoms with E-state index in [9.17, 15) is 13.6 Å². The molecule has 0 saturated heterocycles. The first-order chi connectivity index (χ1) is 12.4. The third kappa shape index (κ3) is 3.08. The van der Waals surface area contributed by atoms with Gasteiger partial charge in [-0.3, -0.25) is 4.79 Å². The number of H-pyrrole nitrogens is 1. The summed E-state index contributed by atoms with van der Waals surface area (Å²) in [6.07, 6.45) is 4.36. The smallest absolute Gasteiger partial charge is 0.260 e. The highest BCUT2D eigenvalue weighted by molar-refractivity contribution is 7.18. The van der Waals surface area contributed by atoms with Gasteiger partial charge in [0.05, 0.1) is 10.4 Å². The van der Waals surface area contributed by atoms with E-state index in [1.165, 1.54) is 28.4 Å². The lowest BCUT2D eigenvalue weighted by molar-refractivity contribution is 0.508. The summed E-state index contributed by atoms with van der Waals surface area (Å²) < 4.78 is 26.4. The van der Waals surface area contributed by atoms with Gasteiger partial charge >= 0.3 is 0 Å². The number of benzene rings is 1. The third-order valence-corrected chi connectivity index (χ3v) is 6.07.